The van der Waals surface area contributed by atoms with E-state index >= 15 is 0 Å². The minimum atomic E-state index is -0.222. The Kier molecular flexibility index (Phi) is 8.52. The second-order valence-corrected chi connectivity index (χ2v) is 15.2. The van der Waals surface area contributed by atoms with Crippen molar-refractivity contribution in [3.63, 3.8) is 0 Å². The van der Waals surface area contributed by atoms with Crippen molar-refractivity contribution in [3.05, 3.63) is 105 Å². The molecule has 0 atom stereocenters. The smallest absolute Gasteiger partial charge is 0.261 e. The first-order valence-corrected chi connectivity index (χ1v) is 18.3. The lowest BCUT2D eigenvalue weighted by Crippen LogP contribution is -2.59. The van der Waals surface area contributed by atoms with Crippen LogP contribution < -0.4 is 20.4 Å². The Hall–Kier alpha value is -4.80. The minimum Gasteiger partial charge on any atom is -0.381 e. The summed E-state index contributed by atoms with van der Waals surface area (Å²) in [5, 5.41) is 6.12. The third-order valence-corrected chi connectivity index (χ3v) is 11.6. The largest absolute Gasteiger partial charge is 0.381 e. The van der Waals surface area contributed by atoms with Crippen LogP contribution in [-0.4, -0.2) is 61.6 Å². The summed E-state index contributed by atoms with van der Waals surface area (Å²) in [4.78, 5) is 50.9. The molecule has 3 fully saturated rings. The van der Waals surface area contributed by atoms with Crippen LogP contribution in [0.5, 0.6) is 0 Å². The van der Waals surface area contributed by atoms with E-state index in [0.717, 1.165) is 84.8 Å². The van der Waals surface area contributed by atoms with Crippen LogP contribution in [0.15, 0.2) is 72.9 Å². The third-order valence-electron chi connectivity index (χ3n) is 10.5. The predicted octanol–water partition coefficient (Wildman–Crippen LogP) is 7.19. The monoisotopic (exact) mass is 687 g/mol. The van der Waals surface area contributed by atoms with Gasteiger partial charge in [-0.25, -0.2) is 4.98 Å². The van der Waals surface area contributed by atoms with Crippen molar-refractivity contribution in [2.75, 3.05) is 48.0 Å². The minimum absolute atomic E-state index is 0.0110. The molecule has 2 saturated heterocycles. The molecule has 1 spiro atoms. The molecule has 2 aromatic heterocycles. The molecule has 1 aliphatic carbocycles. The number of para-hydroxylation sites is 1. The molecule has 2 N–H and O–H groups in total. The lowest BCUT2D eigenvalue weighted by molar-refractivity contribution is -0.000511. The fourth-order valence-corrected chi connectivity index (χ4v) is 8.45. The number of amides is 3. The first-order chi connectivity index (χ1) is 24.3. The molecule has 8 rings (SSSR count). The second kappa shape index (κ2) is 13.2. The lowest BCUT2D eigenvalue weighted by Gasteiger charge is -2.53. The summed E-state index contributed by atoms with van der Waals surface area (Å²) in [7, 11) is 0. The number of hydrogen-bond donors (Lipinski definition) is 2. The number of benzene rings is 2. The summed E-state index contributed by atoms with van der Waals surface area (Å²) in [6, 6.07) is 21.3. The SMILES string of the molecule is CC1=C(c2ccc(C(=O)NC3CC3)s2)CCN(C(=O)c2ccc(NC(=O)c3cc(C)cnc3N3CC4(CCOCC4)C3)cc2)c2ccccc21. The number of fused-ring (bicyclic) bond motifs is 1. The number of allylic oxidation sites excluding steroid dienone is 1. The van der Waals surface area contributed by atoms with Gasteiger partial charge in [0.15, 0.2) is 0 Å². The lowest BCUT2D eigenvalue weighted by atomic mass is 9.73. The number of nitrogens with zero attached hydrogens (tertiary/aromatic N) is 3. The molecular weight excluding hydrogens is 647 g/mol. The maximum Gasteiger partial charge on any atom is 0.261 e. The maximum atomic E-state index is 14.1. The number of rotatable bonds is 7. The predicted molar refractivity (Wildman–Crippen MR) is 198 cm³/mol. The number of carbonyl (C=O) groups excluding carboxylic acids is 3. The Morgan fingerprint density at radius 3 is 2.46 bits per heavy atom. The van der Waals surface area contributed by atoms with Crippen molar-refractivity contribution in [1.82, 2.24) is 10.3 Å². The molecule has 3 aliphatic heterocycles. The second-order valence-electron chi connectivity index (χ2n) is 14.1. The van der Waals surface area contributed by atoms with Crippen LogP contribution in [-0.2, 0) is 4.74 Å². The van der Waals surface area contributed by atoms with E-state index in [1.54, 1.807) is 24.3 Å². The van der Waals surface area contributed by atoms with E-state index < -0.39 is 0 Å². The van der Waals surface area contributed by atoms with E-state index in [9.17, 15) is 14.4 Å². The summed E-state index contributed by atoms with van der Waals surface area (Å²) in [5.74, 6) is 0.369. The van der Waals surface area contributed by atoms with Gasteiger partial charge in [-0.15, -0.1) is 11.3 Å². The Morgan fingerprint density at radius 2 is 1.70 bits per heavy atom. The fourth-order valence-electron chi connectivity index (χ4n) is 7.41. The molecule has 5 heterocycles. The fraction of sp³-hybridized carbons (Fsp3) is 0.350. The van der Waals surface area contributed by atoms with Crippen molar-refractivity contribution in [2.24, 2.45) is 5.41 Å². The molecule has 50 heavy (non-hydrogen) atoms. The molecule has 9 nitrogen and oxygen atoms in total. The summed E-state index contributed by atoms with van der Waals surface area (Å²) in [6.45, 7) is 7.88. The summed E-state index contributed by atoms with van der Waals surface area (Å²) >= 11 is 1.51. The molecule has 0 bridgehead atoms. The van der Waals surface area contributed by atoms with Crippen LogP contribution in [0.4, 0.5) is 17.2 Å². The summed E-state index contributed by atoms with van der Waals surface area (Å²) in [5.41, 5.74) is 6.99. The number of thiophene rings is 1. The van der Waals surface area contributed by atoms with Gasteiger partial charge in [-0.1, -0.05) is 18.2 Å². The highest BCUT2D eigenvalue weighted by atomic mass is 32.1. The van der Waals surface area contributed by atoms with E-state index in [1.165, 1.54) is 11.3 Å². The molecule has 0 radical (unpaired) electrons. The highest BCUT2D eigenvalue weighted by Gasteiger charge is 2.45. The van der Waals surface area contributed by atoms with Crippen LogP contribution in [0.2, 0.25) is 0 Å². The normalized spacial score (nSPS) is 18.3. The highest BCUT2D eigenvalue weighted by molar-refractivity contribution is 7.15. The van der Waals surface area contributed by atoms with Gasteiger partial charge in [-0.05, 0) is 111 Å². The van der Waals surface area contributed by atoms with Crippen LogP contribution in [0.1, 0.15) is 85.4 Å². The van der Waals surface area contributed by atoms with Crippen molar-refractivity contribution >= 4 is 57.4 Å². The molecule has 0 unspecified atom stereocenters. The molecular formula is C40H41N5O4S. The van der Waals surface area contributed by atoms with Crippen LogP contribution >= 0.6 is 11.3 Å². The number of anilines is 3. The zero-order valence-electron chi connectivity index (χ0n) is 28.5. The Labute approximate surface area is 296 Å². The standard InChI is InChI=1S/C40H41N5O4S/c1-25-21-32(36(41-22-25)44-23-40(24-44)16-19-49-20-17-40)37(46)42-28-9-7-27(8-10-28)39(48)45-18-15-31(26(2)30-5-3-4-6-33(30)45)34-13-14-35(50-34)38(47)43-29-11-12-29/h3-10,13-14,21-22,29H,11-12,15-20,23-24H2,1-2H3,(H,42,46)(H,43,47). The highest BCUT2D eigenvalue weighted by Crippen LogP contribution is 2.43. The van der Waals surface area contributed by atoms with Crippen LogP contribution in [0.25, 0.3) is 11.1 Å². The van der Waals surface area contributed by atoms with Gasteiger partial charge in [0, 0.05) is 72.2 Å². The Bertz CT molecular complexity index is 2000. The molecule has 4 aromatic rings. The zero-order chi connectivity index (χ0) is 34.4. The first-order valence-electron chi connectivity index (χ1n) is 17.5. The first kappa shape index (κ1) is 32.4. The van der Waals surface area contributed by atoms with Gasteiger partial charge in [0.2, 0.25) is 0 Å². The van der Waals surface area contributed by atoms with Gasteiger partial charge in [0.25, 0.3) is 17.7 Å². The van der Waals surface area contributed by atoms with Crippen molar-refractivity contribution in [2.45, 2.75) is 52.0 Å². The van der Waals surface area contributed by atoms with Gasteiger partial charge in [0.05, 0.1) is 16.1 Å². The summed E-state index contributed by atoms with van der Waals surface area (Å²) < 4.78 is 5.57. The summed E-state index contributed by atoms with van der Waals surface area (Å²) in [6.07, 6.45) is 6.65. The van der Waals surface area contributed by atoms with Gasteiger partial charge in [-0.3, -0.25) is 14.4 Å². The average Bonchev–Trinajstić information content (AvgIpc) is 3.83. The van der Waals surface area contributed by atoms with E-state index in [-0.39, 0.29) is 23.1 Å². The molecule has 3 amide bonds. The number of carbonyl (C=O) groups is 3. The van der Waals surface area contributed by atoms with Gasteiger partial charge in [-0.2, -0.15) is 0 Å². The van der Waals surface area contributed by atoms with E-state index in [4.69, 9.17) is 4.74 Å². The van der Waals surface area contributed by atoms with E-state index in [1.807, 2.05) is 54.4 Å². The van der Waals surface area contributed by atoms with Crippen molar-refractivity contribution in [1.29, 1.82) is 0 Å². The van der Waals surface area contributed by atoms with Gasteiger partial charge in [0.1, 0.15) is 5.82 Å². The van der Waals surface area contributed by atoms with E-state index in [2.05, 4.69) is 33.5 Å². The van der Waals surface area contributed by atoms with Gasteiger partial charge >= 0.3 is 0 Å². The molecule has 256 valence electrons. The zero-order valence-corrected chi connectivity index (χ0v) is 29.3. The molecule has 10 heteroatoms. The van der Waals surface area contributed by atoms with Crippen LogP contribution in [0.3, 0.4) is 0 Å². The molecule has 4 aliphatic rings. The Balaban J connectivity index is 0.972. The van der Waals surface area contributed by atoms with Crippen molar-refractivity contribution < 1.29 is 19.1 Å². The number of nitrogens with one attached hydrogen (secondary N) is 2. The number of pyridine rings is 1. The number of hydrogen-bond acceptors (Lipinski definition) is 7. The van der Waals surface area contributed by atoms with E-state index in [0.29, 0.717) is 46.5 Å². The van der Waals surface area contributed by atoms with Crippen molar-refractivity contribution in [3.8, 4) is 0 Å². The molecule has 2 aromatic carbocycles. The number of aromatic nitrogens is 1. The quantitative estimate of drug-likeness (QED) is 0.213. The van der Waals surface area contributed by atoms with Crippen LogP contribution in [0, 0.1) is 12.3 Å². The maximum absolute atomic E-state index is 14.1. The number of ether oxygens (including phenoxy) is 1. The van der Waals surface area contributed by atoms with Gasteiger partial charge < -0.3 is 25.2 Å². The topological polar surface area (TPSA) is 104 Å². The average molecular weight is 688 g/mol. The molecule has 1 saturated carbocycles. The third kappa shape index (κ3) is 6.33. The number of aryl methyl sites for hydroxylation is 1. The Morgan fingerprint density at radius 1 is 0.940 bits per heavy atom.